The Bertz CT molecular complexity index is 609. The maximum atomic E-state index is 5.65. The first-order chi connectivity index (χ1) is 12.6. The number of likely N-dealkylation sites (N-methyl/N-ethyl adjacent to an activating group) is 1. The highest BCUT2D eigenvalue weighted by atomic mass is 16.5. The average molecular weight is 361 g/mol. The third-order valence-electron chi connectivity index (χ3n) is 5.71. The molecule has 2 aliphatic rings. The van der Waals surface area contributed by atoms with Crippen LogP contribution in [-0.2, 0) is 4.74 Å². The summed E-state index contributed by atoms with van der Waals surface area (Å²) in [6.07, 6.45) is 2.37. The molecule has 1 aromatic carbocycles. The minimum absolute atomic E-state index is 0.268. The highest BCUT2D eigenvalue weighted by Gasteiger charge is 2.42. The molecule has 3 rings (SSSR count). The molecule has 0 radical (unpaired) electrons. The van der Waals surface area contributed by atoms with Gasteiger partial charge in [-0.2, -0.15) is 0 Å². The van der Waals surface area contributed by atoms with E-state index in [1.54, 1.807) is 7.11 Å². The molecule has 1 spiro atoms. The van der Waals surface area contributed by atoms with Gasteiger partial charge in [-0.25, -0.2) is 0 Å². The third kappa shape index (κ3) is 4.13. The number of ether oxygens (including phenoxy) is 2. The first-order valence-electron chi connectivity index (χ1n) is 9.41. The van der Waals surface area contributed by atoms with Gasteiger partial charge in [0.25, 0.3) is 0 Å². The topological polar surface area (TPSA) is 49.3 Å². The Balaban J connectivity index is 1.62. The molecule has 0 saturated carbocycles. The number of likely N-dealkylation sites (tertiary alicyclic amines) is 1. The van der Waals surface area contributed by atoms with Crippen LogP contribution in [0.3, 0.4) is 0 Å². The van der Waals surface area contributed by atoms with Gasteiger partial charge in [-0.15, -0.1) is 0 Å². The van der Waals surface area contributed by atoms with Gasteiger partial charge in [0.15, 0.2) is 5.96 Å². The number of rotatable bonds is 5. The second-order valence-electron chi connectivity index (χ2n) is 7.65. The van der Waals surface area contributed by atoms with Crippen LogP contribution in [0.1, 0.15) is 24.4 Å². The van der Waals surface area contributed by atoms with Gasteiger partial charge in [0.1, 0.15) is 5.75 Å². The Hall–Kier alpha value is -1.79. The number of aliphatic imine (C=N–C) groups is 1. The van der Waals surface area contributed by atoms with Crippen LogP contribution in [0.25, 0.3) is 0 Å². The van der Waals surface area contributed by atoms with E-state index in [1.165, 1.54) is 18.4 Å². The molecule has 0 bridgehead atoms. The van der Waals surface area contributed by atoms with Crippen molar-refractivity contribution in [2.75, 3.05) is 61.1 Å². The van der Waals surface area contributed by atoms with Crippen molar-refractivity contribution in [1.82, 2.24) is 15.1 Å². The zero-order chi connectivity index (χ0) is 18.6. The Morgan fingerprint density at radius 1 is 1.35 bits per heavy atom. The average Bonchev–Trinajstić information content (AvgIpc) is 3.29. The summed E-state index contributed by atoms with van der Waals surface area (Å²) >= 11 is 0. The van der Waals surface area contributed by atoms with E-state index in [9.17, 15) is 0 Å². The normalized spacial score (nSPS) is 24.5. The highest BCUT2D eigenvalue weighted by molar-refractivity contribution is 5.80. The number of methoxy groups -OCH3 is 1. The lowest BCUT2D eigenvalue weighted by Crippen LogP contribution is -2.44. The molecule has 2 aliphatic heterocycles. The van der Waals surface area contributed by atoms with Gasteiger partial charge in [-0.3, -0.25) is 4.99 Å². The largest absolute Gasteiger partial charge is 0.497 e. The van der Waals surface area contributed by atoms with Gasteiger partial charge < -0.3 is 24.6 Å². The molecule has 2 atom stereocenters. The van der Waals surface area contributed by atoms with E-state index in [2.05, 4.69) is 46.3 Å². The predicted octanol–water partition coefficient (Wildman–Crippen LogP) is 1.99. The van der Waals surface area contributed by atoms with Crippen molar-refractivity contribution >= 4 is 5.96 Å². The molecular formula is C20H32N4O2. The van der Waals surface area contributed by atoms with Crippen molar-refractivity contribution in [3.8, 4) is 5.75 Å². The van der Waals surface area contributed by atoms with Crippen molar-refractivity contribution in [1.29, 1.82) is 0 Å². The first kappa shape index (κ1) is 19.0. The van der Waals surface area contributed by atoms with E-state index in [0.29, 0.717) is 5.41 Å². The summed E-state index contributed by atoms with van der Waals surface area (Å²) in [7, 11) is 7.79. The van der Waals surface area contributed by atoms with Crippen LogP contribution in [0.5, 0.6) is 5.75 Å². The third-order valence-corrected chi connectivity index (χ3v) is 5.71. The van der Waals surface area contributed by atoms with Gasteiger partial charge in [-0.1, -0.05) is 12.1 Å². The summed E-state index contributed by atoms with van der Waals surface area (Å²) in [6.45, 7) is 4.71. The molecule has 1 aromatic rings. The van der Waals surface area contributed by atoms with Crippen LogP contribution >= 0.6 is 0 Å². The monoisotopic (exact) mass is 360 g/mol. The summed E-state index contributed by atoms with van der Waals surface area (Å²) < 4.78 is 10.9. The van der Waals surface area contributed by atoms with Crippen LogP contribution in [0.4, 0.5) is 0 Å². The molecule has 26 heavy (non-hydrogen) atoms. The Morgan fingerprint density at radius 2 is 2.12 bits per heavy atom. The van der Waals surface area contributed by atoms with Crippen molar-refractivity contribution in [3.63, 3.8) is 0 Å². The number of guanidine groups is 1. The van der Waals surface area contributed by atoms with Gasteiger partial charge in [0.05, 0.1) is 19.8 Å². The van der Waals surface area contributed by atoms with Crippen LogP contribution < -0.4 is 10.1 Å². The lowest BCUT2D eigenvalue weighted by atomic mass is 9.87. The van der Waals surface area contributed by atoms with E-state index in [1.807, 2.05) is 19.2 Å². The quantitative estimate of drug-likeness (QED) is 0.643. The fraction of sp³-hybridized carbons (Fsp3) is 0.650. The summed E-state index contributed by atoms with van der Waals surface area (Å²) in [6, 6.07) is 8.57. The van der Waals surface area contributed by atoms with Crippen LogP contribution in [-0.4, -0.2) is 76.9 Å². The van der Waals surface area contributed by atoms with E-state index in [4.69, 9.17) is 9.47 Å². The summed E-state index contributed by atoms with van der Waals surface area (Å²) in [5.41, 5.74) is 1.61. The zero-order valence-electron chi connectivity index (χ0n) is 16.5. The van der Waals surface area contributed by atoms with Crippen molar-refractivity contribution in [3.05, 3.63) is 29.8 Å². The van der Waals surface area contributed by atoms with Gasteiger partial charge >= 0.3 is 0 Å². The molecular weight excluding hydrogens is 328 g/mol. The Labute approximate surface area is 157 Å². The number of hydrogen-bond donors (Lipinski definition) is 1. The van der Waals surface area contributed by atoms with Gasteiger partial charge in [-0.05, 0) is 44.6 Å². The predicted molar refractivity (Wildman–Crippen MR) is 105 cm³/mol. The van der Waals surface area contributed by atoms with Crippen LogP contribution in [0.2, 0.25) is 0 Å². The van der Waals surface area contributed by atoms with Crippen molar-refractivity contribution in [2.24, 2.45) is 10.4 Å². The van der Waals surface area contributed by atoms with Crippen LogP contribution in [0.15, 0.2) is 29.3 Å². The maximum absolute atomic E-state index is 5.65. The van der Waals surface area contributed by atoms with E-state index in [0.717, 1.165) is 44.6 Å². The first-order valence-corrected chi connectivity index (χ1v) is 9.41. The second-order valence-corrected chi connectivity index (χ2v) is 7.65. The van der Waals surface area contributed by atoms with E-state index in [-0.39, 0.29) is 6.04 Å². The van der Waals surface area contributed by atoms with E-state index < -0.39 is 0 Å². The number of benzene rings is 1. The fourth-order valence-corrected chi connectivity index (χ4v) is 4.03. The minimum atomic E-state index is 0.268. The van der Waals surface area contributed by atoms with Crippen molar-refractivity contribution < 1.29 is 9.47 Å². The standard InChI is InChI=1S/C20H32N4O2/c1-21-19(24-11-9-20(14-24)10-12-26-15-20)22-13-18(23(2)3)16-5-7-17(25-4)8-6-16/h5-8,18H,9-15H2,1-4H3,(H,21,22). The number of nitrogens with zero attached hydrogens (tertiary/aromatic N) is 3. The zero-order valence-corrected chi connectivity index (χ0v) is 16.5. The molecule has 2 fully saturated rings. The van der Waals surface area contributed by atoms with Gasteiger partial charge in [0, 0.05) is 38.7 Å². The molecule has 6 heteroatoms. The molecule has 2 saturated heterocycles. The lowest BCUT2D eigenvalue weighted by molar-refractivity contribution is 0.156. The maximum Gasteiger partial charge on any atom is 0.193 e. The highest BCUT2D eigenvalue weighted by Crippen LogP contribution is 2.38. The molecule has 144 valence electrons. The Kier molecular flexibility index (Phi) is 6.04. The van der Waals surface area contributed by atoms with Crippen molar-refractivity contribution in [2.45, 2.75) is 18.9 Å². The molecule has 2 heterocycles. The summed E-state index contributed by atoms with van der Waals surface area (Å²) in [5, 5.41) is 3.59. The SMILES string of the molecule is CN=C(NCC(c1ccc(OC)cc1)N(C)C)N1CCC2(CCOC2)C1. The van der Waals surface area contributed by atoms with Gasteiger partial charge in [0.2, 0.25) is 0 Å². The lowest BCUT2D eigenvalue weighted by Gasteiger charge is -2.29. The molecule has 0 aliphatic carbocycles. The molecule has 1 N–H and O–H groups in total. The minimum Gasteiger partial charge on any atom is -0.497 e. The molecule has 0 aromatic heterocycles. The molecule has 6 nitrogen and oxygen atoms in total. The second kappa shape index (κ2) is 8.27. The molecule has 0 amide bonds. The Morgan fingerprint density at radius 3 is 2.69 bits per heavy atom. The smallest absolute Gasteiger partial charge is 0.193 e. The fourth-order valence-electron chi connectivity index (χ4n) is 4.03. The van der Waals surface area contributed by atoms with E-state index >= 15 is 0 Å². The van der Waals surface area contributed by atoms with Crippen LogP contribution in [0, 0.1) is 5.41 Å². The summed E-state index contributed by atoms with van der Waals surface area (Å²) in [4.78, 5) is 9.15. The molecule has 2 unspecified atom stereocenters. The summed E-state index contributed by atoms with van der Waals surface area (Å²) in [5.74, 6) is 1.88. The number of hydrogen-bond acceptors (Lipinski definition) is 4. The number of nitrogens with one attached hydrogen (secondary N) is 1.